The minimum Gasteiger partial charge on any atom is -0.452 e. The molecule has 0 aliphatic carbocycles. The number of nitrogens with one attached hydrogen (secondary N) is 2. The van der Waals surface area contributed by atoms with E-state index in [1.807, 2.05) is 19.9 Å². The van der Waals surface area contributed by atoms with Gasteiger partial charge in [0.15, 0.2) is 6.61 Å². The van der Waals surface area contributed by atoms with Gasteiger partial charge in [-0.05, 0) is 36.6 Å². The number of amides is 4. The number of rotatable bonds is 8. The van der Waals surface area contributed by atoms with E-state index < -0.39 is 30.4 Å². The van der Waals surface area contributed by atoms with Crippen molar-refractivity contribution in [2.24, 2.45) is 5.92 Å². The standard InChI is InChI=1S/C23H27N3O5/c1-16(2)13-14-24-23(30)25-20(27)15-31-22(29)19-12-8-7-11-18(19)21(28)26(3)17-9-5-4-6-10-17/h4-12,16H,13-15H2,1-3H3,(H2,24,25,27,30). The normalized spacial score (nSPS) is 10.3. The molecule has 0 aliphatic heterocycles. The fourth-order valence-electron chi connectivity index (χ4n) is 2.69. The maximum absolute atomic E-state index is 12.9. The molecule has 0 radical (unpaired) electrons. The van der Waals surface area contributed by atoms with Crippen molar-refractivity contribution >= 4 is 29.5 Å². The van der Waals surface area contributed by atoms with Crippen LogP contribution in [0.1, 0.15) is 41.0 Å². The minimum absolute atomic E-state index is 0.0319. The SMILES string of the molecule is CC(C)CCNC(=O)NC(=O)COC(=O)c1ccccc1C(=O)N(C)c1ccccc1. The summed E-state index contributed by atoms with van der Waals surface area (Å²) in [6.45, 7) is 3.82. The number of carbonyl (C=O) groups excluding carboxylic acids is 4. The van der Waals surface area contributed by atoms with Crippen LogP contribution in [0.15, 0.2) is 54.6 Å². The van der Waals surface area contributed by atoms with Crippen LogP contribution in [0, 0.1) is 5.92 Å². The lowest BCUT2D eigenvalue weighted by molar-refractivity contribution is -0.123. The van der Waals surface area contributed by atoms with Gasteiger partial charge in [-0.15, -0.1) is 0 Å². The number of urea groups is 1. The summed E-state index contributed by atoms with van der Waals surface area (Å²) in [4.78, 5) is 50.3. The van der Waals surface area contributed by atoms with Crippen molar-refractivity contribution in [3.05, 3.63) is 65.7 Å². The molecule has 2 N–H and O–H groups in total. The molecule has 8 heteroatoms. The number of anilines is 1. The number of ether oxygens (including phenoxy) is 1. The van der Waals surface area contributed by atoms with E-state index in [0.717, 1.165) is 6.42 Å². The van der Waals surface area contributed by atoms with Crippen molar-refractivity contribution in [2.75, 3.05) is 25.1 Å². The van der Waals surface area contributed by atoms with Crippen LogP contribution in [0.2, 0.25) is 0 Å². The topological polar surface area (TPSA) is 105 Å². The second-order valence-corrected chi connectivity index (χ2v) is 7.31. The molecule has 31 heavy (non-hydrogen) atoms. The lowest BCUT2D eigenvalue weighted by Gasteiger charge is -2.18. The third kappa shape index (κ3) is 7.26. The first-order chi connectivity index (χ1) is 14.8. The van der Waals surface area contributed by atoms with Gasteiger partial charge < -0.3 is 15.0 Å². The van der Waals surface area contributed by atoms with Gasteiger partial charge in [-0.1, -0.05) is 44.2 Å². The first-order valence-electron chi connectivity index (χ1n) is 9.96. The fourth-order valence-corrected chi connectivity index (χ4v) is 2.69. The summed E-state index contributed by atoms with van der Waals surface area (Å²) in [6.07, 6.45) is 0.777. The Balaban J connectivity index is 1.96. The Labute approximate surface area is 181 Å². The molecule has 0 bridgehead atoms. The zero-order chi connectivity index (χ0) is 22.8. The predicted octanol–water partition coefficient (Wildman–Crippen LogP) is 2.99. The van der Waals surface area contributed by atoms with Crippen LogP contribution in [0.25, 0.3) is 0 Å². The van der Waals surface area contributed by atoms with Crippen molar-refractivity contribution in [1.29, 1.82) is 0 Å². The minimum atomic E-state index is -0.833. The van der Waals surface area contributed by atoms with E-state index >= 15 is 0 Å². The van der Waals surface area contributed by atoms with Crippen LogP contribution in [0.3, 0.4) is 0 Å². The van der Waals surface area contributed by atoms with E-state index in [0.29, 0.717) is 18.2 Å². The number of hydrogen-bond donors (Lipinski definition) is 2. The van der Waals surface area contributed by atoms with Crippen LogP contribution < -0.4 is 15.5 Å². The Morgan fingerprint density at radius 1 is 0.935 bits per heavy atom. The van der Waals surface area contributed by atoms with Gasteiger partial charge in [-0.25, -0.2) is 9.59 Å². The molecule has 2 aromatic carbocycles. The molecule has 0 spiro atoms. The van der Waals surface area contributed by atoms with Crippen molar-refractivity contribution in [1.82, 2.24) is 10.6 Å². The predicted molar refractivity (Wildman–Crippen MR) is 117 cm³/mol. The molecular weight excluding hydrogens is 398 g/mol. The summed E-state index contributed by atoms with van der Waals surface area (Å²) in [5.41, 5.74) is 0.841. The highest BCUT2D eigenvalue weighted by Gasteiger charge is 2.22. The molecule has 0 fully saturated rings. The van der Waals surface area contributed by atoms with Crippen molar-refractivity contribution in [3.8, 4) is 0 Å². The Morgan fingerprint density at radius 3 is 2.19 bits per heavy atom. The maximum atomic E-state index is 12.9. The van der Waals surface area contributed by atoms with Crippen LogP contribution in [-0.2, 0) is 9.53 Å². The number of imide groups is 1. The first-order valence-corrected chi connectivity index (χ1v) is 9.96. The monoisotopic (exact) mass is 425 g/mol. The van der Waals surface area contributed by atoms with Gasteiger partial charge in [0, 0.05) is 19.3 Å². The summed E-state index contributed by atoms with van der Waals surface area (Å²) in [5.74, 6) is -1.57. The van der Waals surface area contributed by atoms with Crippen LogP contribution in [0.4, 0.5) is 10.5 Å². The average molecular weight is 425 g/mol. The number of nitrogens with zero attached hydrogens (tertiary/aromatic N) is 1. The highest BCUT2D eigenvalue weighted by molar-refractivity contribution is 6.12. The van der Waals surface area contributed by atoms with Gasteiger partial charge in [-0.2, -0.15) is 0 Å². The van der Waals surface area contributed by atoms with E-state index in [1.165, 1.54) is 17.0 Å². The molecule has 164 valence electrons. The zero-order valence-electron chi connectivity index (χ0n) is 17.9. The maximum Gasteiger partial charge on any atom is 0.339 e. The van der Waals surface area contributed by atoms with Gasteiger partial charge in [0.2, 0.25) is 0 Å². The number of esters is 1. The van der Waals surface area contributed by atoms with Gasteiger partial charge in [0.25, 0.3) is 11.8 Å². The van der Waals surface area contributed by atoms with Crippen molar-refractivity contribution < 1.29 is 23.9 Å². The number of carbonyl (C=O) groups is 4. The van der Waals surface area contributed by atoms with E-state index in [1.54, 1.807) is 43.4 Å². The summed E-state index contributed by atoms with van der Waals surface area (Å²) in [7, 11) is 1.60. The molecule has 4 amide bonds. The molecule has 0 atom stereocenters. The molecule has 0 saturated heterocycles. The first kappa shape index (κ1) is 23.6. The highest BCUT2D eigenvalue weighted by atomic mass is 16.5. The molecule has 2 aromatic rings. The molecule has 8 nitrogen and oxygen atoms in total. The van der Waals surface area contributed by atoms with Gasteiger partial charge in [-0.3, -0.25) is 14.9 Å². The lowest BCUT2D eigenvalue weighted by atomic mass is 10.1. The molecule has 0 aliphatic rings. The summed E-state index contributed by atoms with van der Waals surface area (Å²) in [5, 5.41) is 4.65. The smallest absolute Gasteiger partial charge is 0.339 e. The zero-order valence-corrected chi connectivity index (χ0v) is 17.9. The quantitative estimate of drug-likeness (QED) is 0.633. The third-order valence-electron chi connectivity index (χ3n) is 4.42. The summed E-state index contributed by atoms with van der Waals surface area (Å²) in [6, 6.07) is 14.5. The van der Waals surface area contributed by atoms with Gasteiger partial charge in [0.1, 0.15) is 0 Å². The van der Waals surface area contributed by atoms with E-state index in [4.69, 9.17) is 4.74 Å². The van der Waals surface area contributed by atoms with Crippen LogP contribution in [0.5, 0.6) is 0 Å². The Kier molecular flexibility index (Phi) is 8.75. The van der Waals surface area contributed by atoms with Gasteiger partial charge >= 0.3 is 12.0 Å². The molecule has 0 aromatic heterocycles. The van der Waals surface area contributed by atoms with Crippen molar-refractivity contribution in [2.45, 2.75) is 20.3 Å². The molecule has 0 unspecified atom stereocenters. The van der Waals surface area contributed by atoms with E-state index in [-0.39, 0.29) is 11.1 Å². The number of benzene rings is 2. The largest absolute Gasteiger partial charge is 0.452 e. The summed E-state index contributed by atoms with van der Waals surface area (Å²) < 4.78 is 5.01. The molecular formula is C23H27N3O5. The fraction of sp³-hybridized carbons (Fsp3) is 0.304. The highest BCUT2D eigenvalue weighted by Crippen LogP contribution is 2.18. The van der Waals surface area contributed by atoms with Crippen molar-refractivity contribution in [3.63, 3.8) is 0 Å². The molecule has 0 heterocycles. The lowest BCUT2D eigenvalue weighted by Crippen LogP contribution is -2.42. The third-order valence-corrected chi connectivity index (χ3v) is 4.42. The number of para-hydroxylation sites is 1. The Morgan fingerprint density at radius 2 is 1.55 bits per heavy atom. The Bertz CT molecular complexity index is 928. The van der Waals surface area contributed by atoms with Crippen LogP contribution >= 0.6 is 0 Å². The Hall–Kier alpha value is -3.68. The van der Waals surface area contributed by atoms with Crippen LogP contribution in [-0.4, -0.2) is 44.0 Å². The van der Waals surface area contributed by atoms with E-state index in [2.05, 4.69) is 10.6 Å². The van der Waals surface area contributed by atoms with Gasteiger partial charge in [0.05, 0.1) is 11.1 Å². The molecule has 2 rings (SSSR count). The second-order valence-electron chi connectivity index (χ2n) is 7.31. The number of hydrogen-bond acceptors (Lipinski definition) is 5. The summed E-state index contributed by atoms with van der Waals surface area (Å²) >= 11 is 0. The molecule has 0 saturated carbocycles. The second kappa shape index (κ2) is 11.5. The van der Waals surface area contributed by atoms with E-state index in [9.17, 15) is 19.2 Å². The average Bonchev–Trinajstić information content (AvgIpc) is 2.76.